The van der Waals surface area contributed by atoms with E-state index in [1.165, 1.54) is 12.8 Å². The molecule has 1 aliphatic heterocycles. The molecule has 0 atom stereocenters. The Labute approximate surface area is 65.2 Å². The number of aromatic nitrogens is 2. The number of nitrogens with zero attached hydrogens (tertiary/aromatic N) is 3. The van der Waals surface area contributed by atoms with Crippen LogP contribution in [0, 0.1) is 6.42 Å². The molecular formula is C7H10N3O. The molecule has 0 bridgehead atoms. The van der Waals surface area contributed by atoms with Crippen molar-refractivity contribution in [1.29, 1.82) is 0 Å². The molecule has 4 heteroatoms. The largest absolute Gasteiger partial charge is 0.352 e. The molecule has 0 saturated carbocycles. The maximum atomic E-state index is 4.65. The highest BCUT2D eigenvalue weighted by atomic mass is 16.5. The molecule has 1 fully saturated rings. The third-order valence-electron chi connectivity index (χ3n) is 1.86. The smallest absolute Gasteiger partial charge is 0.192 e. The highest BCUT2D eigenvalue weighted by Crippen LogP contribution is 2.15. The zero-order valence-corrected chi connectivity index (χ0v) is 6.23. The highest BCUT2D eigenvalue weighted by Gasteiger charge is 2.13. The second kappa shape index (κ2) is 2.90. The van der Waals surface area contributed by atoms with Crippen molar-refractivity contribution in [2.75, 3.05) is 18.0 Å². The van der Waals surface area contributed by atoms with Gasteiger partial charge in [-0.2, -0.15) is 0 Å². The second-order valence-electron chi connectivity index (χ2n) is 2.64. The summed E-state index contributed by atoms with van der Waals surface area (Å²) in [4.78, 5) is 2.15. The van der Waals surface area contributed by atoms with Crippen LogP contribution in [0.4, 0.5) is 5.82 Å². The Balaban J connectivity index is 2.04. The van der Waals surface area contributed by atoms with Gasteiger partial charge in [-0.05, 0) is 19.3 Å². The molecule has 0 aliphatic carbocycles. The topological polar surface area (TPSA) is 42.2 Å². The van der Waals surface area contributed by atoms with Gasteiger partial charge in [0.2, 0.25) is 0 Å². The van der Waals surface area contributed by atoms with Gasteiger partial charge in [0.1, 0.15) is 0 Å². The van der Waals surface area contributed by atoms with Gasteiger partial charge in [0, 0.05) is 18.4 Å². The van der Waals surface area contributed by atoms with Gasteiger partial charge in [-0.1, -0.05) is 5.10 Å². The third-order valence-corrected chi connectivity index (χ3v) is 1.86. The number of rotatable bonds is 1. The lowest BCUT2D eigenvalue weighted by atomic mass is 10.1. The number of anilines is 1. The Morgan fingerprint density at radius 3 is 3.18 bits per heavy atom. The fourth-order valence-corrected chi connectivity index (χ4v) is 1.27. The second-order valence-corrected chi connectivity index (χ2v) is 2.64. The molecule has 1 saturated heterocycles. The van der Waals surface area contributed by atoms with Gasteiger partial charge in [-0.25, -0.2) is 0 Å². The Bertz CT molecular complexity index is 203. The van der Waals surface area contributed by atoms with Crippen LogP contribution >= 0.6 is 0 Å². The van der Waals surface area contributed by atoms with Gasteiger partial charge in [0.05, 0.1) is 0 Å². The maximum absolute atomic E-state index is 4.65. The van der Waals surface area contributed by atoms with Crippen LogP contribution in [0.25, 0.3) is 0 Å². The van der Waals surface area contributed by atoms with E-state index in [1.54, 1.807) is 6.26 Å². The molecule has 59 valence electrons. The summed E-state index contributed by atoms with van der Waals surface area (Å²) >= 11 is 0. The van der Waals surface area contributed by atoms with E-state index < -0.39 is 0 Å². The molecule has 1 aromatic heterocycles. The molecule has 0 aromatic carbocycles. The summed E-state index contributed by atoms with van der Waals surface area (Å²) in [5, 5.41) is 7.25. The Morgan fingerprint density at radius 2 is 2.55 bits per heavy atom. The number of piperidine rings is 1. The van der Waals surface area contributed by atoms with Crippen molar-refractivity contribution in [3.8, 4) is 0 Å². The van der Waals surface area contributed by atoms with Crippen LogP contribution in [0.5, 0.6) is 0 Å². The molecule has 11 heavy (non-hydrogen) atoms. The van der Waals surface area contributed by atoms with Gasteiger partial charge in [-0.15, -0.1) is 0 Å². The summed E-state index contributed by atoms with van der Waals surface area (Å²) in [5.74, 6) is 0.848. The Hall–Kier alpha value is -1.06. The predicted octanol–water partition coefficient (Wildman–Crippen LogP) is 0.874. The van der Waals surface area contributed by atoms with Crippen molar-refractivity contribution in [2.24, 2.45) is 0 Å². The molecule has 1 radical (unpaired) electrons. The van der Waals surface area contributed by atoms with Crippen LogP contribution in [0.3, 0.4) is 0 Å². The van der Waals surface area contributed by atoms with E-state index in [2.05, 4.69) is 26.2 Å². The van der Waals surface area contributed by atoms with E-state index in [0.29, 0.717) is 0 Å². The number of hydrogen-bond acceptors (Lipinski definition) is 4. The summed E-state index contributed by atoms with van der Waals surface area (Å²) in [6.45, 7) is 2.03. The maximum Gasteiger partial charge on any atom is 0.192 e. The Morgan fingerprint density at radius 1 is 1.55 bits per heavy atom. The van der Waals surface area contributed by atoms with Gasteiger partial charge in [0.15, 0.2) is 12.1 Å². The highest BCUT2D eigenvalue weighted by molar-refractivity contribution is 5.34. The van der Waals surface area contributed by atoms with E-state index in [0.717, 1.165) is 18.9 Å². The van der Waals surface area contributed by atoms with Crippen molar-refractivity contribution >= 4 is 5.82 Å². The van der Waals surface area contributed by atoms with E-state index in [9.17, 15) is 0 Å². The predicted molar refractivity (Wildman–Crippen MR) is 40.0 cm³/mol. The van der Waals surface area contributed by atoms with Gasteiger partial charge >= 0.3 is 0 Å². The van der Waals surface area contributed by atoms with E-state index in [4.69, 9.17) is 0 Å². The van der Waals surface area contributed by atoms with Crippen molar-refractivity contribution < 1.29 is 4.52 Å². The van der Waals surface area contributed by atoms with Crippen molar-refractivity contribution in [3.63, 3.8) is 0 Å². The lowest BCUT2D eigenvalue weighted by Gasteiger charge is -2.24. The summed E-state index contributed by atoms with van der Waals surface area (Å²) in [6.07, 6.45) is 6.24. The molecule has 0 unspecified atom stereocenters. The first-order chi connectivity index (χ1) is 5.47. The van der Waals surface area contributed by atoms with Crippen LogP contribution in [0.15, 0.2) is 10.8 Å². The minimum Gasteiger partial charge on any atom is -0.352 e. The quantitative estimate of drug-likeness (QED) is 0.599. The van der Waals surface area contributed by atoms with Crippen LogP contribution in [0.2, 0.25) is 0 Å². The standard InChI is InChI=1S/C7H10N3O/c1-2-4-10(5-3-1)7-6-11-9-8-7/h2,6H,1,3-5H2. The number of hydrogen-bond donors (Lipinski definition) is 0. The molecule has 0 spiro atoms. The minimum atomic E-state index is 0.848. The average Bonchev–Trinajstić information content (AvgIpc) is 2.58. The van der Waals surface area contributed by atoms with Crippen LogP contribution < -0.4 is 4.90 Å². The molecule has 2 heterocycles. The SMILES string of the molecule is [CH]1CCCN(c2conn2)C1. The monoisotopic (exact) mass is 152 g/mol. The first-order valence-corrected chi connectivity index (χ1v) is 3.80. The molecule has 0 N–H and O–H groups in total. The third kappa shape index (κ3) is 1.34. The zero-order valence-electron chi connectivity index (χ0n) is 6.23. The van der Waals surface area contributed by atoms with Crippen molar-refractivity contribution in [2.45, 2.75) is 12.8 Å². The Kier molecular flexibility index (Phi) is 1.75. The molecule has 4 nitrogen and oxygen atoms in total. The fraction of sp³-hybridized carbons (Fsp3) is 0.571. The molecule has 1 aliphatic rings. The molecular weight excluding hydrogens is 142 g/mol. The first kappa shape index (κ1) is 6.64. The van der Waals surface area contributed by atoms with Crippen molar-refractivity contribution in [3.05, 3.63) is 12.7 Å². The fourth-order valence-electron chi connectivity index (χ4n) is 1.27. The van der Waals surface area contributed by atoms with Gasteiger partial charge < -0.3 is 9.42 Å². The summed E-state index contributed by atoms with van der Waals surface area (Å²) in [6, 6.07) is 0. The van der Waals surface area contributed by atoms with Gasteiger partial charge in [0.25, 0.3) is 0 Å². The average molecular weight is 152 g/mol. The normalized spacial score (nSPS) is 18.7. The summed E-state index contributed by atoms with van der Waals surface area (Å²) in [5.41, 5.74) is 0. The van der Waals surface area contributed by atoms with Crippen LogP contribution in [-0.4, -0.2) is 23.5 Å². The van der Waals surface area contributed by atoms with Crippen LogP contribution in [0.1, 0.15) is 12.8 Å². The summed E-state index contributed by atoms with van der Waals surface area (Å²) < 4.78 is 4.65. The molecule has 2 rings (SSSR count). The molecule has 1 aromatic rings. The molecule has 0 amide bonds. The van der Waals surface area contributed by atoms with E-state index in [1.807, 2.05) is 0 Å². The van der Waals surface area contributed by atoms with E-state index in [-0.39, 0.29) is 0 Å². The lowest BCUT2D eigenvalue weighted by Crippen LogP contribution is -2.29. The summed E-state index contributed by atoms with van der Waals surface area (Å²) in [7, 11) is 0. The van der Waals surface area contributed by atoms with Crippen molar-refractivity contribution in [1.82, 2.24) is 10.4 Å². The minimum absolute atomic E-state index is 0.848. The zero-order chi connectivity index (χ0) is 7.52. The first-order valence-electron chi connectivity index (χ1n) is 3.80. The van der Waals surface area contributed by atoms with Gasteiger partial charge in [-0.3, -0.25) is 0 Å². The van der Waals surface area contributed by atoms with Crippen LogP contribution in [-0.2, 0) is 0 Å². The van der Waals surface area contributed by atoms with E-state index >= 15 is 0 Å². The lowest BCUT2D eigenvalue weighted by molar-refractivity contribution is 0.393.